The van der Waals surface area contributed by atoms with Crippen molar-refractivity contribution in [3.8, 4) is 0 Å². The molecule has 0 bridgehead atoms. The van der Waals surface area contributed by atoms with Crippen LogP contribution in [0, 0.1) is 0 Å². The average Bonchev–Trinajstić information content (AvgIpc) is 1.82. The summed E-state index contributed by atoms with van der Waals surface area (Å²) in [6.07, 6.45) is -9.20. The average molecular weight is 183 g/mol. The fraction of sp³-hybridized carbons (Fsp3) is 0.600. The van der Waals surface area contributed by atoms with E-state index in [1.165, 1.54) is 0 Å². The van der Waals surface area contributed by atoms with E-state index >= 15 is 0 Å². The van der Waals surface area contributed by atoms with Crippen LogP contribution in [0.5, 0.6) is 0 Å². The number of imide groups is 1. The van der Waals surface area contributed by atoms with Crippen LogP contribution in [-0.2, 0) is 9.53 Å². The van der Waals surface area contributed by atoms with Gasteiger partial charge in [-0.3, -0.25) is 10.1 Å². The SMILES string of the molecule is O=C1CC(C(F)(F)F)OC(=O)N1. The zero-order chi connectivity index (χ0) is 9.35. The molecule has 1 rings (SSSR count). The third-order valence-electron chi connectivity index (χ3n) is 1.23. The Morgan fingerprint density at radius 3 is 2.42 bits per heavy atom. The molecule has 1 saturated heterocycles. The molecule has 1 N–H and O–H groups in total. The van der Waals surface area contributed by atoms with Gasteiger partial charge in [0.2, 0.25) is 12.0 Å². The summed E-state index contributed by atoms with van der Waals surface area (Å²) in [4.78, 5) is 20.7. The van der Waals surface area contributed by atoms with Gasteiger partial charge in [0.15, 0.2) is 0 Å². The molecule has 0 spiro atoms. The van der Waals surface area contributed by atoms with Crippen molar-refractivity contribution in [3.05, 3.63) is 0 Å². The Balaban J connectivity index is 2.68. The van der Waals surface area contributed by atoms with Crippen molar-refractivity contribution in [2.45, 2.75) is 18.7 Å². The molecule has 0 aromatic heterocycles. The standard InChI is InChI=1S/C5H4F3NO3/c6-5(7,8)2-1-3(10)9-4(11)12-2/h2H,1H2,(H,9,10,11). The Kier molecular flexibility index (Phi) is 1.95. The number of hydrogen-bond acceptors (Lipinski definition) is 3. The Hall–Kier alpha value is -1.27. The van der Waals surface area contributed by atoms with Crippen LogP contribution >= 0.6 is 0 Å². The first kappa shape index (κ1) is 8.82. The lowest BCUT2D eigenvalue weighted by atomic mass is 10.2. The van der Waals surface area contributed by atoms with E-state index in [1.807, 2.05) is 0 Å². The number of amides is 2. The molecule has 2 amide bonds. The largest absolute Gasteiger partial charge is 0.436 e. The van der Waals surface area contributed by atoms with E-state index < -0.39 is 30.7 Å². The molecule has 7 heteroatoms. The summed E-state index contributed by atoms with van der Waals surface area (Å²) in [6, 6.07) is 0. The lowest BCUT2D eigenvalue weighted by Crippen LogP contribution is -2.48. The van der Waals surface area contributed by atoms with Gasteiger partial charge in [-0.1, -0.05) is 0 Å². The predicted molar refractivity (Wildman–Crippen MR) is 29.1 cm³/mol. The molecule has 12 heavy (non-hydrogen) atoms. The van der Waals surface area contributed by atoms with Gasteiger partial charge in [-0.05, 0) is 0 Å². The number of carbonyl (C=O) groups excluding carboxylic acids is 2. The number of hydrogen-bond donors (Lipinski definition) is 1. The van der Waals surface area contributed by atoms with Gasteiger partial charge in [0.25, 0.3) is 0 Å². The first-order valence-electron chi connectivity index (χ1n) is 2.97. The van der Waals surface area contributed by atoms with Gasteiger partial charge < -0.3 is 4.74 Å². The molecule has 1 atom stereocenters. The Morgan fingerprint density at radius 2 is 2.00 bits per heavy atom. The minimum absolute atomic E-state index is 0.866. The molecular weight excluding hydrogens is 179 g/mol. The van der Waals surface area contributed by atoms with Gasteiger partial charge in [-0.2, -0.15) is 13.2 Å². The lowest BCUT2D eigenvalue weighted by molar-refractivity contribution is -0.209. The van der Waals surface area contributed by atoms with E-state index in [2.05, 4.69) is 4.74 Å². The molecule has 0 aliphatic carbocycles. The normalized spacial score (nSPS) is 24.8. The molecule has 1 aliphatic heterocycles. The van der Waals surface area contributed by atoms with E-state index in [0.29, 0.717) is 0 Å². The van der Waals surface area contributed by atoms with Crippen LogP contribution in [0.15, 0.2) is 0 Å². The summed E-state index contributed by atoms with van der Waals surface area (Å²) in [5.74, 6) is -0.978. The maximum Gasteiger partial charge on any atom is 0.426 e. The predicted octanol–water partition coefficient (Wildman–Crippen LogP) is 0.574. The zero-order valence-electron chi connectivity index (χ0n) is 5.64. The van der Waals surface area contributed by atoms with Crippen LogP contribution in [0.3, 0.4) is 0 Å². The van der Waals surface area contributed by atoms with Crippen LogP contribution in [0.2, 0.25) is 0 Å². The molecule has 0 radical (unpaired) electrons. The van der Waals surface area contributed by atoms with Gasteiger partial charge in [0, 0.05) is 0 Å². The van der Waals surface area contributed by atoms with E-state index in [1.54, 1.807) is 5.32 Å². The summed E-state index contributed by atoms with van der Waals surface area (Å²) in [6.45, 7) is 0. The van der Waals surface area contributed by atoms with Gasteiger partial charge in [-0.15, -0.1) is 0 Å². The van der Waals surface area contributed by atoms with Gasteiger partial charge >= 0.3 is 12.3 Å². The number of alkyl carbamates (subject to hydrolysis) is 1. The molecule has 68 valence electrons. The molecule has 4 nitrogen and oxygen atoms in total. The fourth-order valence-electron chi connectivity index (χ4n) is 0.716. The van der Waals surface area contributed by atoms with Gasteiger partial charge in [-0.25, -0.2) is 4.79 Å². The Labute approximate surface area is 64.7 Å². The maximum absolute atomic E-state index is 11.8. The van der Waals surface area contributed by atoms with E-state index in [-0.39, 0.29) is 0 Å². The first-order chi connectivity index (χ1) is 5.39. The van der Waals surface area contributed by atoms with Crippen molar-refractivity contribution in [3.63, 3.8) is 0 Å². The van der Waals surface area contributed by atoms with Crippen molar-refractivity contribution < 1.29 is 27.5 Å². The van der Waals surface area contributed by atoms with Crippen molar-refractivity contribution >= 4 is 12.0 Å². The molecular formula is C5H4F3NO3. The second-order valence-corrected chi connectivity index (χ2v) is 2.19. The molecule has 1 heterocycles. The lowest BCUT2D eigenvalue weighted by Gasteiger charge is -2.23. The fourth-order valence-corrected chi connectivity index (χ4v) is 0.716. The van der Waals surface area contributed by atoms with Crippen LogP contribution in [-0.4, -0.2) is 24.3 Å². The summed E-state index contributed by atoms with van der Waals surface area (Å²) >= 11 is 0. The Morgan fingerprint density at radius 1 is 1.42 bits per heavy atom. The minimum atomic E-state index is -4.67. The molecule has 0 saturated carbocycles. The number of cyclic esters (lactones) is 1. The van der Waals surface area contributed by atoms with Gasteiger partial charge in [0.05, 0.1) is 6.42 Å². The number of rotatable bonds is 0. The highest BCUT2D eigenvalue weighted by molar-refractivity contribution is 5.94. The molecule has 1 unspecified atom stereocenters. The first-order valence-corrected chi connectivity index (χ1v) is 2.97. The van der Waals surface area contributed by atoms with Crippen LogP contribution in [0.1, 0.15) is 6.42 Å². The van der Waals surface area contributed by atoms with Crippen molar-refractivity contribution in [2.75, 3.05) is 0 Å². The third-order valence-corrected chi connectivity index (χ3v) is 1.23. The van der Waals surface area contributed by atoms with E-state index in [4.69, 9.17) is 0 Å². The monoisotopic (exact) mass is 183 g/mol. The zero-order valence-corrected chi connectivity index (χ0v) is 5.64. The van der Waals surface area contributed by atoms with Crippen molar-refractivity contribution in [1.82, 2.24) is 5.32 Å². The van der Waals surface area contributed by atoms with E-state index in [9.17, 15) is 22.8 Å². The second kappa shape index (κ2) is 2.65. The number of halogens is 3. The highest BCUT2D eigenvalue weighted by Gasteiger charge is 2.46. The van der Waals surface area contributed by atoms with Crippen molar-refractivity contribution in [1.29, 1.82) is 0 Å². The molecule has 0 aromatic carbocycles. The van der Waals surface area contributed by atoms with Crippen LogP contribution in [0.25, 0.3) is 0 Å². The molecule has 1 aliphatic rings. The highest BCUT2D eigenvalue weighted by Crippen LogP contribution is 2.26. The Bertz CT molecular complexity index is 208. The van der Waals surface area contributed by atoms with Crippen LogP contribution < -0.4 is 5.32 Å². The number of carbonyl (C=O) groups is 2. The number of ether oxygens (including phenoxy) is 1. The summed E-state index contributed by atoms with van der Waals surface area (Å²) in [5, 5.41) is 1.58. The maximum atomic E-state index is 11.8. The topological polar surface area (TPSA) is 55.4 Å². The smallest absolute Gasteiger partial charge is 0.426 e. The summed E-state index contributed by atoms with van der Waals surface area (Å²) in [7, 11) is 0. The summed E-state index contributed by atoms with van der Waals surface area (Å²) in [5.41, 5.74) is 0. The van der Waals surface area contributed by atoms with Gasteiger partial charge in [0.1, 0.15) is 0 Å². The van der Waals surface area contributed by atoms with E-state index in [0.717, 1.165) is 0 Å². The number of nitrogens with one attached hydrogen (secondary N) is 1. The second-order valence-electron chi connectivity index (χ2n) is 2.19. The highest BCUT2D eigenvalue weighted by atomic mass is 19.4. The quantitative estimate of drug-likeness (QED) is 0.597. The minimum Gasteiger partial charge on any atom is -0.436 e. The van der Waals surface area contributed by atoms with Crippen LogP contribution in [0.4, 0.5) is 18.0 Å². The molecule has 1 fully saturated rings. The van der Waals surface area contributed by atoms with Crippen molar-refractivity contribution in [2.24, 2.45) is 0 Å². The summed E-state index contributed by atoms with van der Waals surface area (Å²) < 4.78 is 39.3. The number of alkyl halides is 3. The third kappa shape index (κ3) is 1.86. The molecule has 0 aromatic rings.